The van der Waals surface area contributed by atoms with Crippen LogP contribution in [0.1, 0.15) is 20.8 Å². The third kappa shape index (κ3) is 2.79. The Morgan fingerprint density at radius 1 is 1.28 bits per heavy atom. The highest BCUT2D eigenvalue weighted by molar-refractivity contribution is 8.12. The molecule has 25 heavy (non-hydrogen) atoms. The van der Waals surface area contributed by atoms with Gasteiger partial charge in [-0.2, -0.15) is 5.10 Å². The molecule has 0 bridgehead atoms. The van der Waals surface area contributed by atoms with Crippen LogP contribution in [-0.2, 0) is 7.05 Å². The van der Waals surface area contributed by atoms with Gasteiger partial charge < -0.3 is 5.32 Å². The number of nitrogens with one attached hydrogen (secondary N) is 2. The molecular weight excluding hydrogens is 336 g/mol. The van der Waals surface area contributed by atoms with Crippen LogP contribution in [0.2, 0.25) is 0 Å². The SMILES string of the molecule is CC(C)C1(C)N=C(Nc2nccn3c(-c4cnn(C)c4)cnc23)SN1. The van der Waals surface area contributed by atoms with Gasteiger partial charge in [-0.15, -0.1) is 0 Å². The van der Waals surface area contributed by atoms with Crippen LogP contribution in [0.3, 0.4) is 0 Å². The van der Waals surface area contributed by atoms with Crippen molar-refractivity contribution < 1.29 is 0 Å². The zero-order valence-corrected chi connectivity index (χ0v) is 15.4. The van der Waals surface area contributed by atoms with Crippen LogP contribution in [-0.4, -0.2) is 35.0 Å². The van der Waals surface area contributed by atoms with Crippen molar-refractivity contribution in [2.24, 2.45) is 18.0 Å². The second kappa shape index (κ2) is 5.85. The van der Waals surface area contributed by atoms with Crippen molar-refractivity contribution in [1.82, 2.24) is 28.9 Å². The van der Waals surface area contributed by atoms with Gasteiger partial charge in [0.25, 0.3) is 0 Å². The summed E-state index contributed by atoms with van der Waals surface area (Å²) in [4.78, 5) is 13.7. The normalized spacial score (nSPS) is 20.4. The molecule has 130 valence electrons. The van der Waals surface area contributed by atoms with Gasteiger partial charge in [0.2, 0.25) is 0 Å². The molecule has 1 unspecified atom stereocenters. The molecule has 4 heterocycles. The van der Waals surface area contributed by atoms with Gasteiger partial charge in [-0.25, -0.2) is 19.7 Å². The molecule has 0 spiro atoms. The van der Waals surface area contributed by atoms with E-state index in [9.17, 15) is 0 Å². The number of imidazole rings is 1. The molecule has 8 nitrogen and oxygen atoms in total. The molecule has 1 atom stereocenters. The predicted octanol–water partition coefficient (Wildman–Crippen LogP) is 2.52. The summed E-state index contributed by atoms with van der Waals surface area (Å²) in [6.07, 6.45) is 9.28. The molecule has 0 aliphatic carbocycles. The Hall–Kier alpha value is -2.39. The monoisotopic (exact) mass is 356 g/mol. The number of anilines is 1. The van der Waals surface area contributed by atoms with Crippen LogP contribution in [0.15, 0.2) is 36.0 Å². The quantitative estimate of drug-likeness (QED) is 0.702. The van der Waals surface area contributed by atoms with Crippen LogP contribution >= 0.6 is 11.9 Å². The molecule has 0 fully saturated rings. The number of aromatic nitrogens is 5. The zero-order valence-electron chi connectivity index (χ0n) is 14.6. The van der Waals surface area contributed by atoms with Gasteiger partial charge in [0.1, 0.15) is 5.66 Å². The lowest BCUT2D eigenvalue weighted by molar-refractivity contribution is 0.337. The molecule has 3 aromatic rings. The maximum Gasteiger partial charge on any atom is 0.181 e. The van der Waals surface area contributed by atoms with Gasteiger partial charge in [0.15, 0.2) is 16.6 Å². The Morgan fingerprint density at radius 3 is 2.80 bits per heavy atom. The van der Waals surface area contributed by atoms with Gasteiger partial charge in [-0.3, -0.25) is 9.08 Å². The standard InChI is InChI=1S/C16H20N8S/c1-10(2)16(3)21-15(25-22-16)20-13-14-18-8-12(24(14)6-5-17-13)11-7-19-23(4)9-11/h5-10,22H,1-4H3,(H,17,20,21). The average molecular weight is 356 g/mol. The van der Waals surface area contributed by atoms with Gasteiger partial charge in [-0.1, -0.05) is 13.8 Å². The number of aliphatic imine (C=N–C) groups is 1. The molecule has 0 amide bonds. The fourth-order valence-electron chi connectivity index (χ4n) is 2.58. The second-order valence-electron chi connectivity index (χ2n) is 6.56. The van der Waals surface area contributed by atoms with Crippen LogP contribution in [0.5, 0.6) is 0 Å². The number of hydrogen-bond donors (Lipinski definition) is 2. The summed E-state index contributed by atoms with van der Waals surface area (Å²) in [5.74, 6) is 1.06. The lowest BCUT2D eigenvalue weighted by atomic mass is 10.0. The van der Waals surface area contributed by atoms with E-state index in [0.29, 0.717) is 11.7 Å². The van der Waals surface area contributed by atoms with Crippen molar-refractivity contribution in [3.05, 3.63) is 31.0 Å². The lowest BCUT2D eigenvalue weighted by Crippen LogP contribution is -2.37. The van der Waals surface area contributed by atoms with Crippen molar-refractivity contribution in [3.8, 4) is 11.3 Å². The van der Waals surface area contributed by atoms with E-state index in [1.807, 2.05) is 36.2 Å². The molecule has 3 aromatic heterocycles. The zero-order chi connectivity index (χ0) is 17.6. The minimum Gasteiger partial charge on any atom is -0.315 e. The second-order valence-corrected chi connectivity index (χ2v) is 7.36. The third-order valence-corrected chi connectivity index (χ3v) is 5.37. The van der Waals surface area contributed by atoms with Crippen molar-refractivity contribution in [2.45, 2.75) is 26.4 Å². The van der Waals surface area contributed by atoms with E-state index in [0.717, 1.165) is 22.1 Å². The first kappa shape index (κ1) is 16.1. The van der Waals surface area contributed by atoms with E-state index >= 15 is 0 Å². The number of hydrogen-bond acceptors (Lipinski definition) is 7. The van der Waals surface area contributed by atoms with Crippen molar-refractivity contribution in [1.29, 1.82) is 0 Å². The number of nitrogens with zero attached hydrogens (tertiary/aromatic N) is 6. The molecule has 0 saturated heterocycles. The van der Waals surface area contributed by atoms with Gasteiger partial charge >= 0.3 is 0 Å². The maximum atomic E-state index is 4.76. The van der Waals surface area contributed by atoms with Crippen molar-refractivity contribution >= 4 is 28.6 Å². The summed E-state index contributed by atoms with van der Waals surface area (Å²) in [6.45, 7) is 6.38. The molecule has 1 aliphatic rings. The molecule has 9 heteroatoms. The molecule has 0 radical (unpaired) electrons. The summed E-state index contributed by atoms with van der Waals surface area (Å²) >= 11 is 1.49. The highest BCUT2D eigenvalue weighted by Gasteiger charge is 2.33. The molecule has 1 aliphatic heterocycles. The largest absolute Gasteiger partial charge is 0.315 e. The summed E-state index contributed by atoms with van der Waals surface area (Å²) < 4.78 is 7.15. The number of amidine groups is 1. The smallest absolute Gasteiger partial charge is 0.181 e. The topological polar surface area (TPSA) is 84.4 Å². The molecule has 4 rings (SSSR count). The van der Waals surface area contributed by atoms with Gasteiger partial charge in [-0.05, 0) is 24.8 Å². The highest BCUT2D eigenvalue weighted by Crippen LogP contribution is 2.30. The fraction of sp³-hybridized carbons (Fsp3) is 0.375. The fourth-order valence-corrected chi connectivity index (χ4v) is 3.55. The van der Waals surface area contributed by atoms with E-state index < -0.39 is 0 Å². The van der Waals surface area contributed by atoms with Gasteiger partial charge in [0, 0.05) is 31.2 Å². The Labute approximate surface area is 149 Å². The van der Waals surface area contributed by atoms with Crippen LogP contribution in [0, 0.1) is 5.92 Å². The van der Waals surface area contributed by atoms with E-state index in [-0.39, 0.29) is 5.66 Å². The molecule has 2 N–H and O–H groups in total. The Bertz CT molecular complexity index is 956. The molecular formula is C16H20N8S. The Morgan fingerprint density at radius 2 is 2.12 bits per heavy atom. The summed E-state index contributed by atoms with van der Waals surface area (Å²) in [6, 6.07) is 0. The van der Waals surface area contributed by atoms with E-state index in [1.165, 1.54) is 11.9 Å². The number of aryl methyl sites for hydroxylation is 1. The average Bonchev–Trinajstić information content (AvgIpc) is 3.27. The maximum absolute atomic E-state index is 4.76. The lowest BCUT2D eigenvalue weighted by Gasteiger charge is -2.24. The van der Waals surface area contributed by atoms with Crippen molar-refractivity contribution in [2.75, 3.05) is 5.32 Å². The third-order valence-electron chi connectivity index (χ3n) is 4.47. The van der Waals surface area contributed by atoms with Gasteiger partial charge in [0.05, 0.1) is 18.1 Å². The van der Waals surface area contributed by atoms with Crippen LogP contribution in [0.25, 0.3) is 16.9 Å². The van der Waals surface area contributed by atoms with Crippen LogP contribution in [0.4, 0.5) is 5.82 Å². The molecule has 0 saturated carbocycles. The minimum atomic E-state index is -0.283. The number of fused-ring (bicyclic) bond motifs is 1. The van der Waals surface area contributed by atoms with Crippen LogP contribution < -0.4 is 10.0 Å². The summed E-state index contributed by atoms with van der Waals surface area (Å²) in [7, 11) is 1.90. The minimum absolute atomic E-state index is 0.283. The van der Waals surface area contributed by atoms with E-state index in [4.69, 9.17) is 4.99 Å². The van der Waals surface area contributed by atoms with Crippen molar-refractivity contribution in [3.63, 3.8) is 0 Å². The molecule has 0 aromatic carbocycles. The summed E-state index contributed by atoms with van der Waals surface area (Å²) in [5, 5.41) is 8.32. The Kier molecular flexibility index (Phi) is 3.77. The first-order chi connectivity index (χ1) is 12.0. The summed E-state index contributed by atoms with van der Waals surface area (Å²) in [5.41, 5.74) is 2.45. The Balaban J connectivity index is 1.69. The predicted molar refractivity (Wildman–Crippen MR) is 100 cm³/mol. The highest BCUT2D eigenvalue weighted by atomic mass is 32.2. The first-order valence-electron chi connectivity index (χ1n) is 8.08. The van der Waals surface area contributed by atoms with E-state index in [2.05, 4.69) is 45.9 Å². The van der Waals surface area contributed by atoms with E-state index in [1.54, 1.807) is 10.9 Å². The number of rotatable bonds is 3. The first-order valence-corrected chi connectivity index (χ1v) is 8.90.